The van der Waals surface area contributed by atoms with Crippen molar-refractivity contribution in [2.45, 2.75) is 45.4 Å². The van der Waals surface area contributed by atoms with Crippen molar-refractivity contribution in [1.29, 1.82) is 0 Å². The Hall–Kier alpha value is -4.83. The third-order valence-electron chi connectivity index (χ3n) is 6.87. The Kier molecular flexibility index (Phi) is 8.94. The summed E-state index contributed by atoms with van der Waals surface area (Å²) >= 11 is 0. The standard InChI is InChI=1S/C31H32N4O6/c1-20(2)27-30(39)35(34(21(3)36)25(28(37)31(40)41)18-22-10-6-4-7-11-22)26(23-12-8-5-9-13-23)19-33(27)29(38)24-14-16-32-17-15-24/h4-17,19-20,25,27-28,37H,18H2,1-3H3,(H,40,41)/t25-,27?,28?/m0/s1. The summed E-state index contributed by atoms with van der Waals surface area (Å²) in [6, 6.07) is 18.2. The molecule has 4 rings (SSSR count). The minimum absolute atomic E-state index is 0.0499. The second-order valence-corrected chi connectivity index (χ2v) is 10.1. The Morgan fingerprint density at radius 3 is 2.07 bits per heavy atom. The molecule has 0 fully saturated rings. The number of benzene rings is 2. The third kappa shape index (κ3) is 6.17. The molecule has 0 radical (unpaired) electrons. The van der Waals surface area contributed by atoms with Gasteiger partial charge in [0.1, 0.15) is 6.04 Å². The van der Waals surface area contributed by atoms with E-state index in [0.717, 1.165) is 10.0 Å². The molecule has 2 aromatic carbocycles. The molecular formula is C31H32N4O6. The molecule has 3 amide bonds. The second kappa shape index (κ2) is 12.6. The summed E-state index contributed by atoms with van der Waals surface area (Å²) in [6.45, 7) is 4.77. The number of aliphatic hydroxyl groups is 1. The van der Waals surface area contributed by atoms with Crippen molar-refractivity contribution in [2.24, 2.45) is 5.92 Å². The molecule has 2 N–H and O–H groups in total. The molecular weight excluding hydrogens is 524 g/mol. The van der Waals surface area contributed by atoms with Crippen LogP contribution in [0.4, 0.5) is 0 Å². The van der Waals surface area contributed by atoms with Gasteiger partial charge >= 0.3 is 5.97 Å². The number of hydrogen-bond acceptors (Lipinski definition) is 6. The fourth-order valence-corrected chi connectivity index (χ4v) is 4.97. The molecule has 1 aliphatic rings. The molecule has 0 saturated heterocycles. The number of hydrogen-bond donors (Lipinski definition) is 2. The van der Waals surface area contributed by atoms with Gasteiger partial charge in [0.2, 0.25) is 5.91 Å². The van der Waals surface area contributed by atoms with Crippen LogP contribution in [0.3, 0.4) is 0 Å². The highest BCUT2D eigenvalue weighted by atomic mass is 16.4. The van der Waals surface area contributed by atoms with Gasteiger partial charge in [0.15, 0.2) is 6.10 Å². The number of pyridine rings is 1. The minimum Gasteiger partial charge on any atom is -0.479 e. The number of aliphatic hydroxyl groups excluding tert-OH is 1. The zero-order valence-electron chi connectivity index (χ0n) is 23.0. The smallest absolute Gasteiger partial charge is 0.334 e. The molecule has 3 aromatic rings. The zero-order chi connectivity index (χ0) is 29.7. The van der Waals surface area contributed by atoms with Gasteiger partial charge in [-0.05, 0) is 30.0 Å². The highest BCUT2D eigenvalue weighted by Crippen LogP contribution is 2.34. The second-order valence-electron chi connectivity index (χ2n) is 10.1. The van der Waals surface area contributed by atoms with Gasteiger partial charge in [-0.25, -0.2) is 14.8 Å². The molecule has 10 nitrogen and oxygen atoms in total. The Labute approximate surface area is 238 Å². The highest BCUT2D eigenvalue weighted by Gasteiger charge is 2.47. The van der Waals surface area contributed by atoms with Crippen LogP contribution in [0.1, 0.15) is 42.3 Å². The van der Waals surface area contributed by atoms with Crippen LogP contribution in [0.2, 0.25) is 0 Å². The average Bonchev–Trinajstić information content (AvgIpc) is 2.97. The van der Waals surface area contributed by atoms with Gasteiger partial charge in [-0.15, -0.1) is 0 Å². The lowest BCUT2D eigenvalue weighted by Gasteiger charge is -2.47. The largest absolute Gasteiger partial charge is 0.479 e. The highest BCUT2D eigenvalue weighted by molar-refractivity contribution is 6.03. The zero-order valence-corrected chi connectivity index (χ0v) is 23.0. The Morgan fingerprint density at radius 2 is 1.54 bits per heavy atom. The molecule has 2 heterocycles. The number of amides is 3. The van der Waals surface area contributed by atoms with E-state index in [1.807, 2.05) is 0 Å². The molecule has 0 spiro atoms. The van der Waals surface area contributed by atoms with Crippen LogP contribution in [0.15, 0.2) is 91.4 Å². The Balaban J connectivity index is 1.93. The Bertz CT molecular complexity index is 1430. The molecule has 0 saturated carbocycles. The maximum atomic E-state index is 14.4. The molecule has 2 unspecified atom stereocenters. The van der Waals surface area contributed by atoms with Crippen molar-refractivity contribution >= 4 is 29.4 Å². The van der Waals surface area contributed by atoms with E-state index in [-0.39, 0.29) is 12.1 Å². The van der Waals surface area contributed by atoms with Crippen molar-refractivity contribution in [3.05, 3.63) is 108 Å². The molecule has 0 aliphatic carbocycles. The summed E-state index contributed by atoms with van der Waals surface area (Å²) in [5, 5.41) is 22.8. The van der Waals surface area contributed by atoms with Gasteiger partial charge < -0.3 is 10.2 Å². The van der Waals surface area contributed by atoms with Crippen LogP contribution < -0.4 is 0 Å². The van der Waals surface area contributed by atoms with Crippen molar-refractivity contribution in [3.63, 3.8) is 0 Å². The van der Waals surface area contributed by atoms with E-state index in [4.69, 9.17) is 0 Å². The summed E-state index contributed by atoms with van der Waals surface area (Å²) in [5.74, 6) is -3.64. The summed E-state index contributed by atoms with van der Waals surface area (Å²) in [5.41, 5.74) is 1.67. The van der Waals surface area contributed by atoms with Gasteiger partial charge in [-0.3, -0.25) is 24.3 Å². The maximum Gasteiger partial charge on any atom is 0.334 e. The summed E-state index contributed by atoms with van der Waals surface area (Å²) < 4.78 is 0. The molecule has 1 aromatic heterocycles. The molecule has 41 heavy (non-hydrogen) atoms. The molecule has 212 valence electrons. The predicted octanol–water partition coefficient (Wildman–Crippen LogP) is 3.21. The first-order valence-corrected chi connectivity index (χ1v) is 13.2. The van der Waals surface area contributed by atoms with Gasteiger partial charge in [0, 0.05) is 36.6 Å². The van der Waals surface area contributed by atoms with Crippen LogP contribution in [-0.2, 0) is 20.8 Å². The van der Waals surface area contributed by atoms with Crippen molar-refractivity contribution < 1.29 is 29.4 Å². The first-order chi connectivity index (χ1) is 19.6. The number of nitrogens with zero attached hydrogens (tertiary/aromatic N) is 4. The molecule has 1 aliphatic heterocycles. The number of carboxylic acids is 1. The van der Waals surface area contributed by atoms with E-state index < -0.39 is 47.8 Å². The number of aromatic nitrogens is 1. The van der Waals surface area contributed by atoms with Crippen LogP contribution in [0.5, 0.6) is 0 Å². The van der Waals surface area contributed by atoms with E-state index >= 15 is 0 Å². The number of aliphatic carboxylic acids is 1. The van der Waals surface area contributed by atoms with Crippen LogP contribution in [0.25, 0.3) is 5.70 Å². The minimum atomic E-state index is -2.02. The maximum absolute atomic E-state index is 14.4. The van der Waals surface area contributed by atoms with Gasteiger partial charge in [-0.1, -0.05) is 74.5 Å². The lowest BCUT2D eigenvalue weighted by molar-refractivity contribution is -0.173. The topological polar surface area (TPSA) is 131 Å². The number of carbonyl (C=O) groups is 4. The van der Waals surface area contributed by atoms with Crippen LogP contribution >= 0.6 is 0 Å². The van der Waals surface area contributed by atoms with E-state index in [2.05, 4.69) is 4.98 Å². The number of rotatable bonds is 9. The summed E-state index contributed by atoms with van der Waals surface area (Å²) in [4.78, 5) is 58.9. The Morgan fingerprint density at radius 1 is 0.951 bits per heavy atom. The predicted molar refractivity (Wildman–Crippen MR) is 150 cm³/mol. The quantitative estimate of drug-likeness (QED) is 0.414. The number of carbonyl (C=O) groups excluding carboxylic acids is 3. The average molecular weight is 557 g/mol. The van der Waals surface area contributed by atoms with Crippen LogP contribution in [-0.4, -0.2) is 72.0 Å². The van der Waals surface area contributed by atoms with Gasteiger partial charge in [-0.2, -0.15) is 0 Å². The molecule has 0 bridgehead atoms. The SMILES string of the molecule is CC(=O)N([C@@H](Cc1ccccc1)C(O)C(=O)O)N1C(=O)C(C(C)C)N(C(=O)c2ccncc2)C=C1c1ccccc1. The monoisotopic (exact) mass is 556 g/mol. The normalized spacial score (nSPS) is 16.7. The van der Waals surface area contributed by atoms with Gasteiger partial charge in [0.05, 0.1) is 11.7 Å². The summed E-state index contributed by atoms with van der Waals surface area (Å²) in [7, 11) is 0. The first kappa shape index (κ1) is 29.2. The van der Waals surface area contributed by atoms with Crippen LogP contribution in [0, 0.1) is 5.92 Å². The van der Waals surface area contributed by atoms with Crippen molar-refractivity contribution in [3.8, 4) is 0 Å². The van der Waals surface area contributed by atoms with Gasteiger partial charge in [0.25, 0.3) is 11.8 Å². The summed E-state index contributed by atoms with van der Waals surface area (Å²) in [6.07, 6.45) is 2.41. The lowest BCUT2D eigenvalue weighted by Crippen LogP contribution is -2.64. The third-order valence-corrected chi connectivity index (χ3v) is 6.87. The molecule has 3 atom stereocenters. The van der Waals surface area contributed by atoms with E-state index in [0.29, 0.717) is 16.7 Å². The first-order valence-electron chi connectivity index (χ1n) is 13.2. The van der Waals surface area contributed by atoms with Crippen molar-refractivity contribution in [2.75, 3.05) is 0 Å². The van der Waals surface area contributed by atoms with E-state index in [1.165, 1.54) is 30.4 Å². The fourth-order valence-electron chi connectivity index (χ4n) is 4.97. The van der Waals surface area contributed by atoms with Crippen molar-refractivity contribution in [1.82, 2.24) is 19.9 Å². The number of carboxylic acid groups (broad SMARTS) is 1. The fraction of sp³-hybridized carbons (Fsp3) is 0.258. The van der Waals surface area contributed by atoms with E-state index in [1.54, 1.807) is 86.6 Å². The molecule has 10 heteroatoms. The lowest BCUT2D eigenvalue weighted by atomic mass is 9.96. The number of hydrazine groups is 1. The van der Waals surface area contributed by atoms with E-state index in [9.17, 15) is 29.4 Å².